The average Bonchev–Trinajstić information content (AvgIpc) is 3.09. The van der Waals surface area contributed by atoms with Gasteiger partial charge in [-0.3, -0.25) is 0 Å². The minimum absolute atomic E-state index is 0.615. The zero-order valence-electron chi connectivity index (χ0n) is 13.3. The molecule has 1 fully saturated rings. The highest BCUT2D eigenvalue weighted by molar-refractivity contribution is 5.68. The lowest BCUT2D eigenvalue weighted by Gasteiger charge is -2.21. The second-order valence-corrected chi connectivity index (χ2v) is 6.41. The van der Waals surface area contributed by atoms with E-state index in [0.717, 1.165) is 17.1 Å². The molecule has 0 radical (unpaired) electrons. The maximum atomic E-state index is 4.97. The van der Waals surface area contributed by atoms with Crippen LogP contribution in [-0.2, 0) is 0 Å². The maximum absolute atomic E-state index is 4.97. The van der Waals surface area contributed by atoms with Crippen LogP contribution in [0.3, 0.4) is 0 Å². The van der Waals surface area contributed by atoms with E-state index < -0.39 is 0 Å². The lowest BCUT2D eigenvalue weighted by atomic mass is 9.85. The van der Waals surface area contributed by atoms with Crippen LogP contribution in [0.5, 0.6) is 0 Å². The Morgan fingerprint density at radius 1 is 0.739 bits per heavy atom. The van der Waals surface area contributed by atoms with Crippen LogP contribution in [0.2, 0.25) is 0 Å². The van der Waals surface area contributed by atoms with Crippen LogP contribution < -0.4 is 0 Å². The van der Waals surface area contributed by atoms with Crippen molar-refractivity contribution in [3.8, 4) is 22.6 Å². The third-order valence-electron chi connectivity index (χ3n) is 4.84. The Labute approximate surface area is 137 Å². The van der Waals surface area contributed by atoms with Crippen molar-refractivity contribution in [3.63, 3.8) is 0 Å². The van der Waals surface area contributed by atoms with Crippen LogP contribution in [0.1, 0.15) is 43.7 Å². The van der Waals surface area contributed by atoms with Crippen molar-refractivity contribution in [2.45, 2.75) is 38.0 Å². The van der Waals surface area contributed by atoms with Gasteiger partial charge < -0.3 is 4.98 Å². The maximum Gasteiger partial charge on any atom is 0.138 e. The molecule has 0 bridgehead atoms. The molecule has 0 saturated heterocycles. The molecule has 116 valence electrons. The molecule has 0 spiro atoms. The fraction of sp³-hybridized carbons (Fsp3) is 0.286. The molecule has 3 aromatic rings. The Hall–Kier alpha value is -2.35. The van der Waals surface area contributed by atoms with Gasteiger partial charge in [0.15, 0.2) is 0 Å². The molecule has 2 aromatic carbocycles. The molecule has 0 unspecified atom stereocenters. The van der Waals surface area contributed by atoms with Crippen LogP contribution in [0.25, 0.3) is 22.6 Å². The highest BCUT2D eigenvalue weighted by atomic mass is 14.9. The van der Waals surface area contributed by atoms with Crippen LogP contribution in [0, 0.1) is 0 Å². The second kappa shape index (κ2) is 6.41. The molecule has 1 N–H and O–H groups in total. The first-order valence-electron chi connectivity index (χ1n) is 8.62. The molecule has 1 saturated carbocycles. The summed E-state index contributed by atoms with van der Waals surface area (Å²) < 4.78 is 0. The van der Waals surface area contributed by atoms with Gasteiger partial charge in [-0.15, -0.1) is 0 Å². The Kier molecular flexibility index (Phi) is 3.97. The minimum atomic E-state index is 0.615. The largest absolute Gasteiger partial charge is 0.341 e. The Morgan fingerprint density at radius 3 is 2.00 bits per heavy atom. The van der Waals surface area contributed by atoms with Gasteiger partial charge in [-0.05, 0) is 12.8 Å². The molecule has 0 amide bonds. The van der Waals surface area contributed by atoms with Crippen LogP contribution in [-0.4, -0.2) is 9.97 Å². The fourth-order valence-corrected chi connectivity index (χ4v) is 3.62. The van der Waals surface area contributed by atoms with Crippen molar-refractivity contribution in [2.75, 3.05) is 0 Å². The molecule has 1 heterocycles. The second-order valence-electron chi connectivity index (χ2n) is 6.41. The monoisotopic (exact) mass is 302 g/mol. The van der Waals surface area contributed by atoms with E-state index in [1.54, 1.807) is 0 Å². The van der Waals surface area contributed by atoms with E-state index in [0.29, 0.717) is 5.92 Å². The zero-order valence-corrected chi connectivity index (χ0v) is 13.3. The molecular formula is C21H22N2. The van der Waals surface area contributed by atoms with Gasteiger partial charge in [0.25, 0.3) is 0 Å². The van der Waals surface area contributed by atoms with E-state index in [4.69, 9.17) is 4.98 Å². The first-order valence-corrected chi connectivity index (χ1v) is 8.62. The number of benzene rings is 2. The van der Waals surface area contributed by atoms with Crippen molar-refractivity contribution >= 4 is 0 Å². The highest BCUT2D eigenvalue weighted by Crippen LogP contribution is 2.38. The molecule has 0 aliphatic heterocycles. The van der Waals surface area contributed by atoms with Gasteiger partial charge in [0.05, 0.1) is 5.69 Å². The van der Waals surface area contributed by atoms with Crippen LogP contribution in [0.4, 0.5) is 0 Å². The molecule has 0 atom stereocenters. The zero-order chi connectivity index (χ0) is 15.5. The predicted molar refractivity (Wildman–Crippen MR) is 95.3 cm³/mol. The van der Waals surface area contributed by atoms with Crippen molar-refractivity contribution in [2.24, 2.45) is 0 Å². The number of aromatic nitrogens is 2. The van der Waals surface area contributed by atoms with Crippen molar-refractivity contribution in [3.05, 3.63) is 66.4 Å². The number of hydrogen-bond acceptors (Lipinski definition) is 1. The number of rotatable bonds is 3. The average molecular weight is 302 g/mol. The number of hydrogen-bond donors (Lipinski definition) is 1. The standard InChI is InChI=1S/C21H22N2/c1-4-10-16(11-5-1)19-20(17-12-6-2-7-13-17)23-21(22-19)18-14-8-3-9-15-18/h1,3-5,8-11,14-15,17H,2,6-7,12-13H2,(H,22,23). The summed E-state index contributed by atoms with van der Waals surface area (Å²) in [6.45, 7) is 0. The molecular weight excluding hydrogens is 280 g/mol. The first kappa shape index (κ1) is 14.3. The number of imidazole rings is 1. The van der Waals surface area contributed by atoms with Gasteiger partial charge >= 0.3 is 0 Å². The van der Waals surface area contributed by atoms with E-state index in [1.807, 2.05) is 6.07 Å². The summed E-state index contributed by atoms with van der Waals surface area (Å²) in [6.07, 6.45) is 6.58. The van der Waals surface area contributed by atoms with Crippen molar-refractivity contribution in [1.82, 2.24) is 9.97 Å². The summed E-state index contributed by atoms with van der Waals surface area (Å²) in [5.74, 6) is 1.61. The molecule has 1 aromatic heterocycles. The number of H-pyrrole nitrogens is 1. The molecule has 2 heteroatoms. The van der Waals surface area contributed by atoms with Gasteiger partial charge in [0, 0.05) is 22.7 Å². The SMILES string of the molecule is c1ccc(-c2nc(-c3ccccc3)c(C3CCCCC3)[nH]2)cc1. The van der Waals surface area contributed by atoms with Gasteiger partial charge in [-0.1, -0.05) is 79.9 Å². The number of nitrogens with one attached hydrogen (secondary N) is 1. The van der Waals surface area contributed by atoms with E-state index in [-0.39, 0.29) is 0 Å². The lowest BCUT2D eigenvalue weighted by molar-refractivity contribution is 0.438. The van der Waals surface area contributed by atoms with E-state index in [9.17, 15) is 0 Å². The molecule has 1 aliphatic rings. The van der Waals surface area contributed by atoms with Crippen LogP contribution in [0.15, 0.2) is 60.7 Å². The van der Waals surface area contributed by atoms with Crippen molar-refractivity contribution in [1.29, 1.82) is 0 Å². The van der Waals surface area contributed by atoms with Gasteiger partial charge in [0.1, 0.15) is 5.82 Å². The van der Waals surface area contributed by atoms with Gasteiger partial charge in [0.2, 0.25) is 0 Å². The Balaban J connectivity index is 1.80. The lowest BCUT2D eigenvalue weighted by Crippen LogP contribution is -2.06. The Bertz CT molecular complexity index is 753. The van der Waals surface area contributed by atoms with E-state index in [1.165, 1.54) is 43.4 Å². The van der Waals surface area contributed by atoms with Gasteiger partial charge in [-0.2, -0.15) is 0 Å². The van der Waals surface area contributed by atoms with E-state index >= 15 is 0 Å². The summed E-state index contributed by atoms with van der Waals surface area (Å²) in [4.78, 5) is 8.63. The normalized spacial score (nSPS) is 15.7. The first-order chi connectivity index (χ1) is 11.4. The Morgan fingerprint density at radius 2 is 1.35 bits per heavy atom. The third-order valence-corrected chi connectivity index (χ3v) is 4.84. The quantitative estimate of drug-likeness (QED) is 0.651. The smallest absolute Gasteiger partial charge is 0.138 e. The topological polar surface area (TPSA) is 28.7 Å². The number of aromatic amines is 1. The summed E-state index contributed by atoms with van der Waals surface area (Å²) in [7, 11) is 0. The van der Waals surface area contributed by atoms with Crippen LogP contribution >= 0.6 is 0 Å². The third kappa shape index (κ3) is 2.94. The minimum Gasteiger partial charge on any atom is -0.341 e. The summed E-state index contributed by atoms with van der Waals surface area (Å²) in [6, 6.07) is 21.0. The summed E-state index contributed by atoms with van der Waals surface area (Å²) in [5, 5.41) is 0. The molecule has 2 nitrogen and oxygen atoms in total. The number of nitrogens with zero attached hydrogens (tertiary/aromatic N) is 1. The predicted octanol–water partition coefficient (Wildman–Crippen LogP) is 5.79. The highest BCUT2D eigenvalue weighted by Gasteiger charge is 2.23. The molecule has 23 heavy (non-hydrogen) atoms. The van der Waals surface area contributed by atoms with Gasteiger partial charge in [-0.25, -0.2) is 4.98 Å². The van der Waals surface area contributed by atoms with Crippen molar-refractivity contribution < 1.29 is 0 Å². The fourth-order valence-electron chi connectivity index (χ4n) is 3.62. The molecule has 4 rings (SSSR count). The molecule has 1 aliphatic carbocycles. The summed E-state index contributed by atoms with van der Waals surface area (Å²) in [5.41, 5.74) is 4.84. The van der Waals surface area contributed by atoms with E-state index in [2.05, 4.69) is 59.6 Å². The summed E-state index contributed by atoms with van der Waals surface area (Å²) >= 11 is 0.